The molecule has 20 heavy (non-hydrogen) atoms. The summed E-state index contributed by atoms with van der Waals surface area (Å²) < 4.78 is 0. The Hall–Kier alpha value is -0.580. The van der Waals surface area contributed by atoms with Gasteiger partial charge < -0.3 is 11.1 Å². The standard InChI is InChI=1S/C15H24N2OS.ClH/c16-11-14(12-5-2-1-3-6-12)17-15(18)9-8-13-7-4-10-19-13;/h4,7,10,12,14H,1-3,5-6,8-9,11,16H2,(H,17,18);1H. The predicted octanol–water partition coefficient (Wildman–Crippen LogP) is 3.13. The number of carbonyl (C=O) groups is 1. The zero-order valence-corrected chi connectivity index (χ0v) is 13.5. The van der Waals surface area contributed by atoms with E-state index < -0.39 is 0 Å². The molecule has 5 heteroatoms. The van der Waals surface area contributed by atoms with Gasteiger partial charge in [0.25, 0.3) is 0 Å². The van der Waals surface area contributed by atoms with Crippen LogP contribution in [0.15, 0.2) is 17.5 Å². The first kappa shape index (κ1) is 17.5. The second-order valence-electron chi connectivity index (χ2n) is 5.39. The Labute approximate surface area is 131 Å². The second kappa shape index (κ2) is 9.37. The van der Waals surface area contributed by atoms with E-state index >= 15 is 0 Å². The van der Waals surface area contributed by atoms with Crippen molar-refractivity contribution in [3.8, 4) is 0 Å². The maximum absolute atomic E-state index is 12.0. The normalized spacial score (nSPS) is 17.2. The largest absolute Gasteiger partial charge is 0.352 e. The Balaban J connectivity index is 0.00000200. The molecule has 3 N–H and O–H groups in total. The molecule has 1 aliphatic carbocycles. The molecule has 3 nitrogen and oxygen atoms in total. The van der Waals surface area contributed by atoms with Gasteiger partial charge in [-0.1, -0.05) is 25.3 Å². The predicted molar refractivity (Wildman–Crippen MR) is 87.4 cm³/mol. The van der Waals surface area contributed by atoms with Crippen molar-refractivity contribution in [3.63, 3.8) is 0 Å². The first-order valence-corrected chi connectivity index (χ1v) is 8.19. The number of thiophene rings is 1. The van der Waals surface area contributed by atoms with Crippen LogP contribution in [-0.4, -0.2) is 18.5 Å². The van der Waals surface area contributed by atoms with Crippen LogP contribution in [0.3, 0.4) is 0 Å². The van der Waals surface area contributed by atoms with Crippen LogP contribution in [0.1, 0.15) is 43.4 Å². The summed E-state index contributed by atoms with van der Waals surface area (Å²) in [4.78, 5) is 13.3. The Morgan fingerprint density at radius 1 is 1.40 bits per heavy atom. The lowest BCUT2D eigenvalue weighted by atomic mass is 9.84. The number of halogens is 1. The van der Waals surface area contributed by atoms with Gasteiger partial charge in [-0.15, -0.1) is 23.7 Å². The van der Waals surface area contributed by atoms with Crippen molar-refractivity contribution in [3.05, 3.63) is 22.4 Å². The molecule has 1 aliphatic rings. The summed E-state index contributed by atoms with van der Waals surface area (Å²) in [7, 11) is 0. The van der Waals surface area contributed by atoms with E-state index in [9.17, 15) is 4.79 Å². The summed E-state index contributed by atoms with van der Waals surface area (Å²) in [6.45, 7) is 0.565. The number of nitrogens with one attached hydrogen (secondary N) is 1. The molecule has 1 saturated carbocycles. The van der Waals surface area contributed by atoms with Gasteiger partial charge in [-0.05, 0) is 36.6 Å². The van der Waals surface area contributed by atoms with Gasteiger partial charge in [-0.3, -0.25) is 4.79 Å². The lowest BCUT2D eigenvalue weighted by molar-refractivity contribution is -0.122. The van der Waals surface area contributed by atoms with Crippen molar-refractivity contribution in [2.24, 2.45) is 11.7 Å². The minimum absolute atomic E-state index is 0. The van der Waals surface area contributed by atoms with Crippen molar-refractivity contribution >= 4 is 29.7 Å². The van der Waals surface area contributed by atoms with Crippen LogP contribution in [-0.2, 0) is 11.2 Å². The molecule has 114 valence electrons. The molecule has 1 aromatic rings. The van der Waals surface area contributed by atoms with E-state index in [2.05, 4.69) is 16.8 Å². The molecule has 1 unspecified atom stereocenters. The fourth-order valence-electron chi connectivity index (χ4n) is 2.88. The molecule has 1 amide bonds. The minimum Gasteiger partial charge on any atom is -0.352 e. The van der Waals surface area contributed by atoms with Gasteiger partial charge in [0, 0.05) is 23.9 Å². The van der Waals surface area contributed by atoms with Crippen LogP contribution in [0.4, 0.5) is 0 Å². The van der Waals surface area contributed by atoms with Crippen molar-refractivity contribution in [1.29, 1.82) is 0 Å². The molecular weight excluding hydrogens is 292 g/mol. The van der Waals surface area contributed by atoms with Gasteiger partial charge in [0.05, 0.1) is 0 Å². The Morgan fingerprint density at radius 2 is 2.15 bits per heavy atom. The molecular formula is C15H25ClN2OS. The number of nitrogens with two attached hydrogens (primary N) is 1. The van der Waals surface area contributed by atoms with Crippen molar-refractivity contribution in [1.82, 2.24) is 5.32 Å². The van der Waals surface area contributed by atoms with E-state index in [1.165, 1.54) is 37.0 Å². The average molecular weight is 317 g/mol. The van der Waals surface area contributed by atoms with Crippen LogP contribution in [0.5, 0.6) is 0 Å². The molecule has 1 fully saturated rings. The monoisotopic (exact) mass is 316 g/mol. The Bertz CT molecular complexity index is 377. The lowest BCUT2D eigenvalue weighted by Crippen LogP contribution is -2.45. The van der Waals surface area contributed by atoms with Gasteiger partial charge in [0.15, 0.2) is 0 Å². The average Bonchev–Trinajstić information content (AvgIpc) is 2.97. The molecule has 2 rings (SSSR count). The van der Waals surface area contributed by atoms with E-state index in [4.69, 9.17) is 5.73 Å². The number of aryl methyl sites for hydroxylation is 1. The maximum atomic E-state index is 12.0. The van der Waals surface area contributed by atoms with Crippen LogP contribution >= 0.6 is 23.7 Å². The van der Waals surface area contributed by atoms with Crippen LogP contribution in [0.2, 0.25) is 0 Å². The zero-order valence-electron chi connectivity index (χ0n) is 11.8. The minimum atomic E-state index is 0. The second-order valence-corrected chi connectivity index (χ2v) is 6.42. The smallest absolute Gasteiger partial charge is 0.220 e. The summed E-state index contributed by atoms with van der Waals surface area (Å²) in [6, 6.07) is 4.29. The third-order valence-electron chi connectivity index (χ3n) is 4.00. The number of carbonyl (C=O) groups excluding carboxylic acids is 1. The third-order valence-corrected chi connectivity index (χ3v) is 4.93. The highest BCUT2D eigenvalue weighted by Gasteiger charge is 2.23. The van der Waals surface area contributed by atoms with Crippen LogP contribution in [0.25, 0.3) is 0 Å². The number of hydrogen-bond acceptors (Lipinski definition) is 3. The Kier molecular flexibility index (Phi) is 8.19. The molecule has 0 aromatic carbocycles. The van der Waals surface area contributed by atoms with Crippen molar-refractivity contribution in [2.75, 3.05) is 6.54 Å². The Morgan fingerprint density at radius 3 is 2.75 bits per heavy atom. The quantitative estimate of drug-likeness (QED) is 0.847. The van der Waals surface area contributed by atoms with Gasteiger partial charge in [0.2, 0.25) is 5.91 Å². The molecule has 1 heterocycles. The number of rotatable bonds is 6. The maximum Gasteiger partial charge on any atom is 0.220 e. The highest BCUT2D eigenvalue weighted by Crippen LogP contribution is 2.26. The van der Waals surface area contributed by atoms with E-state index in [0.717, 1.165) is 6.42 Å². The van der Waals surface area contributed by atoms with Crippen molar-refractivity contribution < 1.29 is 4.79 Å². The van der Waals surface area contributed by atoms with Gasteiger partial charge in [-0.2, -0.15) is 0 Å². The zero-order chi connectivity index (χ0) is 13.5. The first-order valence-electron chi connectivity index (χ1n) is 7.31. The number of hydrogen-bond donors (Lipinski definition) is 2. The van der Waals surface area contributed by atoms with Crippen molar-refractivity contribution in [2.45, 2.75) is 51.0 Å². The molecule has 0 aliphatic heterocycles. The van der Waals surface area contributed by atoms with Gasteiger partial charge >= 0.3 is 0 Å². The fourth-order valence-corrected chi connectivity index (χ4v) is 3.59. The summed E-state index contributed by atoms with van der Waals surface area (Å²) in [6.07, 6.45) is 7.74. The molecule has 0 spiro atoms. The van der Waals surface area contributed by atoms with E-state index in [1.54, 1.807) is 11.3 Å². The summed E-state index contributed by atoms with van der Waals surface area (Å²) in [5.41, 5.74) is 5.83. The van der Waals surface area contributed by atoms with E-state index in [-0.39, 0.29) is 24.4 Å². The van der Waals surface area contributed by atoms with Gasteiger partial charge in [0.1, 0.15) is 0 Å². The molecule has 0 radical (unpaired) electrons. The topological polar surface area (TPSA) is 55.1 Å². The fraction of sp³-hybridized carbons (Fsp3) is 0.667. The highest BCUT2D eigenvalue weighted by molar-refractivity contribution is 7.09. The summed E-state index contributed by atoms with van der Waals surface area (Å²) in [5.74, 6) is 0.735. The van der Waals surface area contributed by atoms with Gasteiger partial charge in [-0.25, -0.2) is 0 Å². The van der Waals surface area contributed by atoms with Crippen LogP contribution in [0, 0.1) is 5.92 Å². The summed E-state index contributed by atoms with van der Waals surface area (Å²) >= 11 is 1.71. The first-order chi connectivity index (χ1) is 9.29. The lowest BCUT2D eigenvalue weighted by Gasteiger charge is -2.30. The van der Waals surface area contributed by atoms with E-state index in [1.807, 2.05) is 6.07 Å². The van der Waals surface area contributed by atoms with Crippen LogP contribution < -0.4 is 11.1 Å². The molecule has 1 aromatic heterocycles. The third kappa shape index (κ3) is 5.43. The highest BCUT2D eigenvalue weighted by atomic mass is 35.5. The number of amides is 1. The SMILES string of the molecule is Cl.NCC(NC(=O)CCc1cccs1)C1CCCCC1. The summed E-state index contributed by atoms with van der Waals surface area (Å²) in [5, 5.41) is 5.19. The molecule has 0 saturated heterocycles. The van der Waals surface area contributed by atoms with E-state index in [0.29, 0.717) is 18.9 Å². The molecule has 0 bridgehead atoms. The molecule has 1 atom stereocenters.